The number of piperidine rings is 1. The first-order valence-electron chi connectivity index (χ1n) is 12.4. The number of likely N-dealkylation sites (tertiary alicyclic amines) is 2. The molecule has 0 radical (unpaired) electrons. The van der Waals surface area contributed by atoms with E-state index in [0.717, 1.165) is 51.4 Å². The summed E-state index contributed by atoms with van der Waals surface area (Å²) in [6.07, 6.45) is 9.60. The maximum atomic E-state index is 13.3. The fourth-order valence-electron chi connectivity index (χ4n) is 5.67. The monoisotopic (exact) mass is 487 g/mol. The number of aromatic nitrogens is 3. The third-order valence-corrected chi connectivity index (χ3v) is 7.05. The van der Waals surface area contributed by atoms with Gasteiger partial charge in [-0.05, 0) is 50.4 Å². The van der Waals surface area contributed by atoms with Gasteiger partial charge in [0.15, 0.2) is 0 Å². The molecule has 0 amide bonds. The average molecular weight is 488 g/mol. The predicted molar refractivity (Wildman–Crippen MR) is 131 cm³/mol. The first-order valence-corrected chi connectivity index (χ1v) is 12.4. The van der Waals surface area contributed by atoms with E-state index in [0.29, 0.717) is 11.8 Å². The van der Waals surface area contributed by atoms with Crippen molar-refractivity contribution in [2.75, 3.05) is 26.2 Å². The van der Waals surface area contributed by atoms with Gasteiger partial charge in [-0.1, -0.05) is 25.3 Å². The van der Waals surface area contributed by atoms with Crippen LogP contribution in [0.25, 0.3) is 0 Å². The first kappa shape index (κ1) is 26.6. The molecule has 192 valence electrons. The molecule has 3 N–H and O–H groups in total. The number of pyridine rings is 1. The highest BCUT2D eigenvalue weighted by Gasteiger charge is 2.35. The molecule has 10 nitrogen and oxygen atoms in total. The van der Waals surface area contributed by atoms with E-state index in [1.807, 2.05) is 6.20 Å². The largest absolute Gasteiger partial charge is 0.483 e. The van der Waals surface area contributed by atoms with E-state index in [-0.39, 0.29) is 18.5 Å². The van der Waals surface area contributed by atoms with Gasteiger partial charge in [0.05, 0.1) is 0 Å². The van der Waals surface area contributed by atoms with Gasteiger partial charge in [0.2, 0.25) is 0 Å². The van der Waals surface area contributed by atoms with Crippen LogP contribution >= 0.6 is 0 Å². The van der Waals surface area contributed by atoms with Gasteiger partial charge in [0, 0.05) is 61.8 Å². The number of aromatic amines is 1. The molecule has 5 rings (SSSR count). The summed E-state index contributed by atoms with van der Waals surface area (Å²) in [5.74, 6) is 1.03. The highest BCUT2D eigenvalue weighted by atomic mass is 16.3. The summed E-state index contributed by atoms with van der Waals surface area (Å²) < 4.78 is 2.12. The number of carbonyl (C=O) groups is 2. The Labute approximate surface area is 205 Å². The second-order valence-electron chi connectivity index (χ2n) is 9.53. The summed E-state index contributed by atoms with van der Waals surface area (Å²) >= 11 is 0. The Bertz CT molecular complexity index is 963. The Morgan fingerprint density at radius 3 is 2.26 bits per heavy atom. The van der Waals surface area contributed by atoms with Crippen molar-refractivity contribution in [3.63, 3.8) is 0 Å². The van der Waals surface area contributed by atoms with Crippen LogP contribution in [0.1, 0.15) is 61.4 Å². The molecule has 3 aliphatic rings. The van der Waals surface area contributed by atoms with E-state index in [9.17, 15) is 4.79 Å². The van der Waals surface area contributed by atoms with Crippen molar-refractivity contribution in [3.8, 4) is 0 Å². The van der Waals surface area contributed by atoms with Crippen molar-refractivity contribution in [1.82, 2.24) is 24.6 Å². The number of hydrogen-bond donors (Lipinski definition) is 3. The highest BCUT2D eigenvalue weighted by Crippen LogP contribution is 2.35. The van der Waals surface area contributed by atoms with Gasteiger partial charge in [0.25, 0.3) is 18.5 Å². The number of nitrogens with zero attached hydrogens (tertiary/aromatic N) is 4. The van der Waals surface area contributed by atoms with Crippen molar-refractivity contribution >= 4 is 12.9 Å². The van der Waals surface area contributed by atoms with Gasteiger partial charge >= 0.3 is 0 Å². The van der Waals surface area contributed by atoms with Crippen molar-refractivity contribution < 1.29 is 19.8 Å². The smallest absolute Gasteiger partial charge is 0.290 e. The van der Waals surface area contributed by atoms with Crippen molar-refractivity contribution in [3.05, 3.63) is 51.7 Å². The Hall–Kier alpha value is -2.98. The minimum atomic E-state index is -0.250. The molecule has 2 atom stereocenters. The number of fused-ring (bicyclic) bond motifs is 4. The van der Waals surface area contributed by atoms with Crippen LogP contribution in [0.5, 0.6) is 0 Å². The first-order chi connectivity index (χ1) is 17.1. The minimum absolute atomic E-state index is 0.250. The van der Waals surface area contributed by atoms with Gasteiger partial charge in [-0.3, -0.25) is 29.3 Å². The molecule has 35 heavy (non-hydrogen) atoms. The van der Waals surface area contributed by atoms with E-state index in [1.165, 1.54) is 49.9 Å². The number of hydrogen-bond acceptors (Lipinski definition) is 6. The molecule has 0 aliphatic carbocycles. The SMILES string of the molecule is O=CO.O=CO.O=c1c(CN2CCCCCCC2)ccc2n1C[C@H]1C[C@@H]2CN(Cc2ccn[nH]2)C1. The lowest BCUT2D eigenvalue weighted by atomic mass is 9.83. The molecular weight excluding hydrogens is 450 g/mol. The summed E-state index contributed by atoms with van der Waals surface area (Å²) in [6, 6.07) is 6.43. The topological polar surface area (TPSA) is 132 Å². The third kappa shape index (κ3) is 7.50. The molecule has 2 aromatic heterocycles. The molecule has 0 unspecified atom stereocenters. The van der Waals surface area contributed by atoms with Gasteiger partial charge in [-0.2, -0.15) is 5.10 Å². The van der Waals surface area contributed by atoms with Gasteiger partial charge in [-0.15, -0.1) is 0 Å². The molecule has 2 saturated heterocycles. The van der Waals surface area contributed by atoms with Crippen molar-refractivity contribution in [1.29, 1.82) is 0 Å². The van der Waals surface area contributed by atoms with Crippen LogP contribution < -0.4 is 5.56 Å². The maximum absolute atomic E-state index is 13.3. The number of H-pyrrole nitrogens is 1. The zero-order valence-corrected chi connectivity index (χ0v) is 20.2. The Balaban J connectivity index is 0.000000520. The molecule has 2 bridgehead atoms. The molecule has 0 aromatic carbocycles. The lowest BCUT2D eigenvalue weighted by molar-refractivity contribution is -0.123. The van der Waals surface area contributed by atoms with Crippen LogP contribution in [0.2, 0.25) is 0 Å². The molecule has 0 spiro atoms. The number of rotatable bonds is 4. The van der Waals surface area contributed by atoms with Crippen LogP contribution in [-0.4, -0.2) is 73.9 Å². The summed E-state index contributed by atoms with van der Waals surface area (Å²) in [5.41, 5.74) is 3.67. The number of nitrogens with one attached hydrogen (secondary N) is 1. The Morgan fingerprint density at radius 1 is 0.914 bits per heavy atom. The van der Waals surface area contributed by atoms with E-state index < -0.39 is 0 Å². The molecular formula is C25H37N5O5. The summed E-state index contributed by atoms with van der Waals surface area (Å²) in [5, 5.41) is 20.9. The second-order valence-corrected chi connectivity index (χ2v) is 9.53. The van der Waals surface area contributed by atoms with Crippen LogP contribution in [-0.2, 0) is 29.2 Å². The highest BCUT2D eigenvalue weighted by molar-refractivity contribution is 5.33. The Morgan fingerprint density at radius 2 is 1.60 bits per heavy atom. The number of carboxylic acid groups (broad SMARTS) is 2. The fraction of sp³-hybridized carbons (Fsp3) is 0.600. The van der Waals surface area contributed by atoms with Crippen LogP contribution in [0.3, 0.4) is 0 Å². The third-order valence-electron chi connectivity index (χ3n) is 7.05. The molecule has 0 saturated carbocycles. The van der Waals surface area contributed by atoms with Gasteiger partial charge in [-0.25, -0.2) is 0 Å². The molecule has 2 fully saturated rings. The lowest BCUT2D eigenvalue weighted by Gasteiger charge is -2.42. The van der Waals surface area contributed by atoms with E-state index in [2.05, 4.69) is 42.8 Å². The molecule has 5 heterocycles. The van der Waals surface area contributed by atoms with Crippen LogP contribution in [0.15, 0.2) is 29.2 Å². The lowest BCUT2D eigenvalue weighted by Crippen LogP contribution is -2.47. The van der Waals surface area contributed by atoms with E-state index >= 15 is 0 Å². The standard InChI is InChI=1S/C23H33N5O.2CH2O2/c29-23-19(15-26-10-4-2-1-3-5-11-26)6-7-22-20-12-18(14-28(22)23)13-27(16-20)17-21-8-9-24-25-21;2*2-1-3/h6-9,18,20H,1-5,10-17H2,(H,24,25);2*1H,(H,2,3)/t18-,20+;;/m0../s1. The molecule has 10 heteroatoms. The van der Waals surface area contributed by atoms with E-state index in [1.54, 1.807) is 0 Å². The van der Waals surface area contributed by atoms with Crippen LogP contribution in [0.4, 0.5) is 0 Å². The van der Waals surface area contributed by atoms with Crippen molar-refractivity contribution in [2.45, 2.75) is 64.1 Å². The quantitative estimate of drug-likeness (QED) is 0.560. The predicted octanol–water partition coefficient (Wildman–Crippen LogP) is 2.36. The summed E-state index contributed by atoms with van der Waals surface area (Å²) in [4.78, 5) is 35.1. The fourth-order valence-corrected chi connectivity index (χ4v) is 5.67. The average Bonchev–Trinajstić information content (AvgIpc) is 3.31. The molecule has 2 aromatic rings. The van der Waals surface area contributed by atoms with E-state index in [4.69, 9.17) is 19.8 Å². The molecule has 3 aliphatic heterocycles. The second kappa shape index (κ2) is 13.8. The van der Waals surface area contributed by atoms with Gasteiger partial charge < -0.3 is 14.8 Å². The normalized spacial score (nSPS) is 22.2. The zero-order chi connectivity index (χ0) is 25.0. The Kier molecular flexibility index (Phi) is 10.5. The van der Waals surface area contributed by atoms with Crippen LogP contribution in [0, 0.1) is 5.92 Å². The van der Waals surface area contributed by atoms with Crippen molar-refractivity contribution in [2.24, 2.45) is 5.92 Å². The zero-order valence-electron chi connectivity index (χ0n) is 20.2. The minimum Gasteiger partial charge on any atom is -0.483 e. The summed E-state index contributed by atoms with van der Waals surface area (Å²) in [7, 11) is 0. The maximum Gasteiger partial charge on any atom is 0.290 e. The van der Waals surface area contributed by atoms with Gasteiger partial charge in [0.1, 0.15) is 0 Å². The summed E-state index contributed by atoms with van der Waals surface area (Å²) in [6.45, 7) is 6.48.